The molecule has 0 aromatic heterocycles. The Bertz CT molecular complexity index is 335. The quantitative estimate of drug-likeness (QED) is 0.776. The molecular weight excluding hydrogens is 241 g/mol. The van der Waals surface area contributed by atoms with Crippen LogP contribution in [0.2, 0.25) is 0 Å². The van der Waals surface area contributed by atoms with Crippen molar-refractivity contribution >= 4 is 6.09 Å². The molecule has 0 aliphatic carbocycles. The van der Waals surface area contributed by atoms with Crippen LogP contribution in [-0.2, 0) is 9.47 Å². The molecule has 0 saturated carbocycles. The second-order valence-electron chi connectivity index (χ2n) is 5.12. The maximum absolute atomic E-state index is 13.3. The van der Waals surface area contributed by atoms with E-state index in [9.17, 15) is 9.18 Å². The Labute approximate surface area is 106 Å². The van der Waals surface area contributed by atoms with Crippen molar-refractivity contribution in [1.82, 2.24) is 4.90 Å². The number of carbonyl (C=O) groups is 1. The van der Waals surface area contributed by atoms with Crippen molar-refractivity contribution in [1.29, 1.82) is 0 Å². The number of rotatable bonds is 1. The lowest BCUT2D eigenvalue weighted by atomic mass is 10.2. The van der Waals surface area contributed by atoms with E-state index in [2.05, 4.69) is 0 Å². The fraction of sp³-hybridized carbons (Fsp3) is 0.750. The number of ether oxygens (including phenoxy) is 2. The topological polar surface area (TPSA) is 59.0 Å². The molecule has 1 amide bonds. The third-order valence-corrected chi connectivity index (χ3v) is 2.34. The number of aliphatic hydroxyl groups is 1. The van der Waals surface area contributed by atoms with Gasteiger partial charge in [-0.2, -0.15) is 0 Å². The summed E-state index contributed by atoms with van der Waals surface area (Å²) in [6.45, 7) is 5.46. The van der Waals surface area contributed by atoms with Gasteiger partial charge in [-0.25, -0.2) is 9.18 Å². The molecule has 1 N–H and O–H groups in total. The largest absolute Gasteiger partial charge is 0.444 e. The van der Waals surface area contributed by atoms with Gasteiger partial charge in [-0.1, -0.05) is 0 Å². The molecule has 1 fully saturated rings. The molecule has 1 aliphatic rings. The summed E-state index contributed by atoms with van der Waals surface area (Å²) in [7, 11) is 0. The molecule has 18 heavy (non-hydrogen) atoms. The molecule has 1 heterocycles. The van der Waals surface area contributed by atoms with Crippen LogP contribution in [-0.4, -0.2) is 54.6 Å². The molecule has 1 aliphatic heterocycles. The number of amides is 1. The van der Waals surface area contributed by atoms with Crippen LogP contribution in [0.1, 0.15) is 20.8 Å². The Morgan fingerprint density at radius 3 is 2.78 bits per heavy atom. The third kappa shape index (κ3) is 4.62. The van der Waals surface area contributed by atoms with Gasteiger partial charge in [-0.3, -0.25) is 0 Å². The highest BCUT2D eigenvalue weighted by atomic mass is 19.1. The number of carbonyl (C=O) groups excluding carboxylic acids is 1. The molecule has 0 spiro atoms. The second kappa shape index (κ2) is 6.15. The second-order valence-corrected chi connectivity index (χ2v) is 5.12. The molecular formula is C12H20FNO4. The Morgan fingerprint density at radius 2 is 2.22 bits per heavy atom. The Morgan fingerprint density at radius 1 is 1.56 bits per heavy atom. The highest BCUT2D eigenvalue weighted by molar-refractivity contribution is 5.68. The molecule has 0 radical (unpaired) electrons. The van der Waals surface area contributed by atoms with Crippen LogP contribution in [0.15, 0.2) is 11.4 Å². The first-order valence-corrected chi connectivity index (χ1v) is 5.86. The van der Waals surface area contributed by atoms with E-state index in [0.717, 1.165) is 0 Å². The van der Waals surface area contributed by atoms with Crippen molar-refractivity contribution in [3.8, 4) is 0 Å². The molecule has 0 bridgehead atoms. The average Bonchev–Trinajstić information content (AvgIpc) is 2.51. The average molecular weight is 261 g/mol. The Kier molecular flexibility index (Phi) is 5.10. The van der Waals surface area contributed by atoms with Crippen LogP contribution in [0.4, 0.5) is 9.18 Å². The highest BCUT2D eigenvalue weighted by Crippen LogP contribution is 2.15. The summed E-state index contributed by atoms with van der Waals surface area (Å²) >= 11 is 0. The molecule has 0 atom stereocenters. The van der Waals surface area contributed by atoms with Crippen LogP contribution in [0.25, 0.3) is 0 Å². The van der Waals surface area contributed by atoms with Crippen LogP contribution < -0.4 is 0 Å². The Balaban J connectivity index is 2.73. The SMILES string of the molecule is CC(C)(C)OC(=O)N1CCOCC(=C(F)CO)C1. The zero-order valence-corrected chi connectivity index (χ0v) is 11.0. The van der Waals surface area contributed by atoms with Crippen molar-refractivity contribution in [3.05, 3.63) is 11.4 Å². The maximum atomic E-state index is 13.3. The third-order valence-electron chi connectivity index (χ3n) is 2.34. The van der Waals surface area contributed by atoms with E-state index < -0.39 is 24.1 Å². The van der Waals surface area contributed by atoms with Gasteiger partial charge in [0.25, 0.3) is 0 Å². The van der Waals surface area contributed by atoms with Crippen molar-refractivity contribution in [2.75, 3.05) is 32.9 Å². The van der Waals surface area contributed by atoms with E-state index in [1.165, 1.54) is 4.90 Å². The van der Waals surface area contributed by atoms with Crippen LogP contribution in [0, 0.1) is 0 Å². The van der Waals surface area contributed by atoms with E-state index in [1.807, 2.05) is 0 Å². The van der Waals surface area contributed by atoms with E-state index in [1.54, 1.807) is 20.8 Å². The van der Waals surface area contributed by atoms with Gasteiger partial charge in [-0.05, 0) is 20.8 Å². The number of nitrogens with zero attached hydrogens (tertiary/aromatic N) is 1. The number of aliphatic hydroxyl groups excluding tert-OH is 1. The van der Waals surface area contributed by atoms with Crippen LogP contribution in [0.3, 0.4) is 0 Å². The maximum Gasteiger partial charge on any atom is 0.410 e. The molecule has 104 valence electrons. The summed E-state index contributed by atoms with van der Waals surface area (Å²) in [5, 5.41) is 8.77. The first-order chi connectivity index (χ1) is 8.33. The van der Waals surface area contributed by atoms with Crippen molar-refractivity contribution in [2.45, 2.75) is 26.4 Å². The molecule has 0 unspecified atom stereocenters. The first-order valence-electron chi connectivity index (χ1n) is 5.86. The lowest BCUT2D eigenvalue weighted by Crippen LogP contribution is -2.38. The number of hydrogen-bond acceptors (Lipinski definition) is 4. The summed E-state index contributed by atoms with van der Waals surface area (Å²) in [6.07, 6.45) is -0.503. The van der Waals surface area contributed by atoms with Gasteiger partial charge in [-0.15, -0.1) is 0 Å². The van der Waals surface area contributed by atoms with E-state index >= 15 is 0 Å². The van der Waals surface area contributed by atoms with Gasteiger partial charge in [0, 0.05) is 12.1 Å². The molecule has 1 saturated heterocycles. The fourth-order valence-corrected chi connectivity index (χ4v) is 1.48. The molecule has 6 heteroatoms. The summed E-state index contributed by atoms with van der Waals surface area (Å²) in [6, 6.07) is 0. The summed E-state index contributed by atoms with van der Waals surface area (Å²) in [5.41, 5.74) is -0.315. The van der Waals surface area contributed by atoms with Gasteiger partial charge in [0.1, 0.15) is 11.4 Å². The predicted octanol–water partition coefficient (Wildman–Crippen LogP) is 1.47. The summed E-state index contributed by atoms with van der Waals surface area (Å²) in [4.78, 5) is 13.2. The van der Waals surface area contributed by atoms with Crippen molar-refractivity contribution in [3.63, 3.8) is 0 Å². The van der Waals surface area contributed by atoms with Gasteiger partial charge < -0.3 is 19.5 Å². The van der Waals surface area contributed by atoms with Crippen LogP contribution >= 0.6 is 0 Å². The fourth-order valence-electron chi connectivity index (χ4n) is 1.48. The molecule has 0 aromatic rings. The summed E-state index contributed by atoms with van der Waals surface area (Å²) in [5.74, 6) is -0.648. The molecule has 5 nitrogen and oxygen atoms in total. The lowest BCUT2D eigenvalue weighted by molar-refractivity contribution is 0.0248. The van der Waals surface area contributed by atoms with Gasteiger partial charge in [0.15, 0.2) is 0 Å². The van der Waals surface area contributed by atoms with E-state index in [0.29, 0.717) is 13.2 Å². The smallest absolute Gasteiger partial charge is 0.410 e. The van der Waals surface area contributed by atoms with E-state index in [4.69, 9.17) is 14.6 Å². The number of halogens is 1. The van der Waals surface area contributed by atoms with Crippen molar-refractivity contribution < 1.29 is 23.8 Å². The minimum Gasteiger partial charge on any atom is -0.444 e. The lowest BCUT2D eigenvalue weighted by Gasteiger charge is -2.26. The monoisotopic (exact) mass is 261 g/mol. The standard InChI is InChI=1S/C12H20FNO4/c1-12(2,3)18-11(16)14-4-5-17-8-9(6-14)10(13)7-15/h15H,4-8H2,1-3H3. The highest BCUT2D eigenvalue weighted by Gasteiger charge is 2.25. The van der Waals surface area contributed by atoms with Crippen LogP contribution in [0.5, 0.6) is 0 Å². The molecule has 0 aromatic carbocycles. The molecule has 1 rings (SSSR count). The number of hydrogen-bond donors (Lipinski definition) is 1. The van der Waals surface area contributed by atoms with Gasteiger partial charge in [0.05, 0.1) is 26.4 Å². The Hall–Kier alpha value is -1.14. The minimum absolute atomic E-state index is 0.0846. The minimum atomic E-state index is -0.680. The van der Waals surface area contributed by atoms with Gasteiger partial charge >= 0.3 is 6.09 Å². The zero-order valence-electron chi connectivity index (χ0n) is 11.0. The predicted molar refractivity (Wildman–Crippen MR) is 63.8 cm³/mol. The first kappa shape index (κ1) is 14.9. The zero-order chi connectivity index (χ0) is 13.8. The van der Waals surface area contributed by atoms with Gasteiger partial charge in [0.2, 0.25) is 0 Å². The normalized spacial score (nSPS) is 20.4. The summed E-state index contributed by atoms with van der Waals surface area (Å²) < 4.78 is 23.7. The van der Waals surface area contributed by atoms with E-state index in [-0.39, 0.29) is 18.7 Å². The van der Waals surface area contributed by atoms with Crippen molar-refractivity contribution in [2.24, 2.45) is 0 Å².